The molecule has 0 saturated carbocycles. The van der Waals surface area contributed by atoms with Crippen LogP contribution < -0.4 is 0 Å². The van der Waals surface area contributed by atoms with Crippen molar-refractivity contribution in [2.75, 3.05) is 24.7 Å². The molecule has 0 aliphatic heterocycles. The van der Waals surface area contributed by atoms with E-state index in [1.807, 2.05) is 0 Å². The number of rotatable bonds is 8. The lowest BCUT2D eigenvalue weighted by Crippen LogP contribution is -2.20. The van der Waals surface area contributed by atoms with E-state index in [4.69, 9.17) is 4.55 Å². The Morgan fingerprint density at radius 3 is 2.06 bits per heavy atom. The highest BCUT2D eigenvalue weighted by Gasteiger charge is 2.13. The third-order valence-electron chi connectivity index (χ3n) is 1.20. The van der Waals surface area contributed by atoms with Gasteiger partial charge in [0.1, 0.15) is 0 Å². The summed E-state index contributed by atoms with van der Waals surface area (Å²) in [7, 11) is -8.37. The molecule has 0 heterocycles. The van der Waals surface area contributed by atoms with Gasteiger partial charge in [-0.1, -0.05) is 0 Å². The van der Waals surface area contributed by atoms with Crippen LogP contribution in [0.5, 0.6) is 0 Å². The maximum atomic E-state index is 11.1. The molecular formula is C4H9O9S3-. The van der Waals surface area contributed by atoms with E-state index in [1.54, 1.807) is 0 Å². The van der Waals surface area contributed by atoms with Crippen molar-refractivity contribution in [3.05, 3.63) is 0 Å². The fourth-order valence-electron chi connectivity index (χ4n) is 0.597. The summed E-state index contributed by atoms with van der Waals surface area (Å²) in [6.45, 7) is -1.31. The van der Waals surface area contributed by atoms with Crippen LogP contribution in [0, 0.1) is 0 Å². The second-order valence-electron chi connectivity index (χ2n) is 2.43. The van der Waals surface area contributed by atoms with Gasteiger partial charge in [-0.25, -0.2) is 16.8 Å². The van der Waals surface area contributed by atoms with Gasteiger partial charge in [-0.05, 0) is 0 Å². The Morgan fingerprint density at radius 1 is 1.12 bits per heavy atom. The molecular weight excluding hydrogens is 288 g/mol. The Morgan fingerprint density at radius 2 is 1.62 bits per heavy atom. The first-order valence-electron chi connectivity index (χ1n) is 3.67. The van der Waals surface area contributed by atoms with Gasteiger partial charge in [-0.2, -0.15) is 8.42 Å². The lowest BCUT2D eigenvalue weighted by Gasteiger charge is -2.06. The van der Waals surface area contributed by atoms with E-state index < -0.39 is 56.3 Å². The molecule has 0 radical (unpaired) electrons. The van der Waals surface area contributed by atoms with Crippen LogP contribution in [-0.4, -0.2) is 54.9 Å². The van der Waals surface area contributed by atoms with Crippen LogP contribution >= 0.6 is 0 Å². The standard InChI is InChI=1S/C4H10O9S3/c5-14(6)12-1-3-15(7,8)4-2-13-16(9,10)11/h1-4H2,(H,5,6)(H,9,10,11)/p-1. The molecule has 0 aliphatic carbocycles. The van der Waals surface area contributed by atoms with Gasteiger partial charge in [0, 0.05) is 0 Å². The van der Waals surface area contributed by atoms with Crippen LogP contribution in [-0.2, 0) is 40.0 Å². The zero-order chi connectivity index (χ0) is 12.8. The summed E-state index contributed by atoms with van der Waals surface area (Å²) in [5, 5.41) is 0. The zero-order valence-corrected chi connectivity index (χ0v) is 10.2. The van der Waals surface area contributed by atoms with Crippen molar-refractivity contribution in [2.24, 2.45) is 0 Å². The van der Waals surface area contributed by atoms with Gasteiger partial charge in [0.15, 0.2) is 9.84 Å². The molecule has 9 nitrogen and oxygen atoms in total. The third-order valence-corrected chi connectivity index (χ3v) is 3.60. The van der Waals surface area contributed by atoms with Crippen molar-refractivity contribution in [3.63, 3.8) is 0 Å². The maximum absolute atomic E-state index is 11.1. The second-order valence-corrected chi connectivity index (χ2v) is 6.47. The Balaban J connectivity index is 3.93. The van der Waals surface area contributed by atoms with Crippen LogP contribution in [0.15, 0.2) is 0 Å². The Labute approximate surface area is 95.1 Å². The van der Waals surface area contributed by atoms with E-state index in [1.165, 1.54) is 0 Å². The molecule has 0 rings (SSSR count). The molecule has 12 heteroatoms. The van der Waals surface area contributed by atoms with Gasteiger partial charge >= 0.3 is 10.4 Å². The quantitative estimate of drug-likeness (QED) is 0.398. The molecule has 1 N–H and O–H groups in total. The van der Waals surface area contributed by atoms with Gasteiger partial charge in [0.25, 0.3) is 0 Å². The van der Waals surface area contributed by atoms with Gasteiger partial charge < -0.3 is 4.55 Å². The Bertz CT molecular complexity index is 420. The predicted octanol–water partition coefficient (Wildman–Crippen LogP) is -1.97. The zero-order valence-electron chi connectivity index (χ0n) is 7.77. The minimum Gasteiger partial charge on any atom is -0.750 e. The molecule has 0 bridgehead atoms. The van der Waals surface area contributed by atoms with Crippen molar-refractivity contribution in [1.82, 2.24) is 0 Å². The molecule has 0 aromatic rings. The summed E-state index contributed by atoms with van der Waals surface area (Å²) < 4.78 is 77.8. The van der Waals surface area contributed by atoms with E-state index >= 15 is 0 Å². The first-order valence-corrected chi connectivity index (χ1v) is 7.86. The normalized spacial score (nSPS) is 14.9. The lowest BCUT2D eigenvalue weighted by atomic mass is 10.9. The first-order chi connectivity index (χ1) is 7.12. The maximum Gasteiger partial charge on any atom is 0.397 e. The van der Waals surface area contributed by atoms with E-state index in [9.17, 15) is 25.6 Å². The van der Waals surface area contributed by atoms with Gasteiger partial charge in [0.2, 0.25) is 0 Å². The third kappa shape index (κ3) is 10.4. The van der Waals surface area contributed by atoms with Crippen LogP contribution in [0.1, 0.15) is 0 Å². The van der Waals surface area contributed by atoms with Crippen molar-refractivity contribution in [1.29, 1.82) is 0 Å². The van der Waals surface area contributed by atoms with E-state index in [0.29, 0.717) is 0 Å². The first kappa shape index (κ1) is 15.9. The van der Waals surface area contributed by atoms with Crippen LogP contribution in [0.3, 0.4) is 0 Å². The highest BCUT2D eigenvalue weighted by atomic mass is 32.3. The van der Waals surface area contributed by atoms with Gasteiger partial charge in [0.05, 0.1) is 36.1 Å². The minimum atomic E-state index is -4.67. The number of hydrogen-bond donors (Lipinski definition) is 1. The highest BCUT2D eigenvalue weighted by Crippen LogP contribution is 1.94. The van der Waals surface area contributed by atoms with Crippen molar-refractivity contribution in [2.45, 2.75) is 0 Å². The van der Waals surface area contributed by atoms with Crippen LogP contribution in [0.25, 0.3) is 0 Å². The Kier molecular flexibility index (Phi) is 6.54. The molecule has 98 valence electrons. The van der Waals surface area contributed by atoms with Crippen molar-refractivity contribution < 1.29 is 38.5 Å². The fraction of sp³-hybridized carbons (Fsp3) is 1.00. The molecule has 1 atom stereocenters. The lowest BCUT2D eigenvalue weighted by molar-refractivity contribution is 0.283. The Hall–Kier alpha value is -0.110. The van der Waals surface area contributed by atoms with E-state index in [-0.39, 0.29) is 0 Å². The minimum absolute atomic E-state index is 0.565. The largest absolute Gasteiger partial charge is 0.750 e. The SMILES string of the molecule is O=S([O-])OCCS(=O)(=O)CCOS(=O)(=O)O. The average molecular weight is 297 g/mol. The van der Waals surface area contributed by atoms with Crippen LogP contribution in [0.4, 0.5) is 0 Å². The smallest absolute Gasteiger partial charge is 0.397 e. The molecule has 1 unspecified atom stereocenters. The predicted molar refractivity (Wildman–Crippen MR) is 51.0 cm³/mol. The monoisotopic (exact) mass is 297 g/mol. The molecule has 0 aliphatic rings. The summed E-state index contributed by atoms with van der Waals surface area (Å²) in [4.78, 5) is 0. The van der Waals surface area contributed by atoms with E-state index in [2.05, 4.69) is 8.37 Å². The van der Waals surface area contributed by atoms with Gasteiger partial charge in [-0.3, -0.25) is 8.74 Å². The van der Waals surface area contributed by atoms with Crippen molar-refractivity contribution >= 4 is 31.6 Å². The number of hydrogen-bond acceptors (Lipinski definition) is 8. The van der Waals surface area contributed by atoms with Crippen molar-refractivity contribution in [3.8, 4) is 0 Å². The fourth-order valence-corrected chi connectivity index (χ4v) is 2.20. The summed E-state index contributed by atoms with van der Waals surface area (Å²) in [5.41, 5.74) is 0. The molecule has 0 saturated heterocycles. The molecule has 0 aromatic heterocycles. The summed E-state index contributed by atoms with van der Waals surface area (Å²) >= 11 is -2.80. The van der Waals surface area contributed by atoms with E-state index in [0.717, 1.165) is 0 Å². The average Bonchev–Trinajstić information content (AvgIpc) is 1.99. The molecule has 0 spiro atoms. The van der Waals surface area contributed by atoms with Crippen LogP contribution in [0.2, 0.25) is 0 Å². The summed E-state index contributed by atoms with van der Waals surface area (Å²) in [5.74, 6) is -1.28. The molecule has 0 aromatic carbocycles. The molecule has 16 heavy (non-hydrogen) atoms. The second kappa shape index (κ2) is 6.58. The summed E-state index contributed by atoms with van der Waals surface area (Å²) in [6, 6.07) is 0. The molecule has 0 amide bonds. The molecule has 0 fully saturated rings. The van der Waals surface area contributed by atoms with Gasteiger partial charge in [-0.15, -0.1) is 0 Å². The number of sulfone groups is 1. The highest BCUT2D eigenvalue weighted by molar-refractivity contribution is 7.91. The summed E-state index contributed by atoms with van der Waals surface area (Å²) in [6.07, 6.45) is 0. The topological polar surface area (TPSA) is 147 Å².